The summed E-state index contributed by atoms with van der Waals surface area (Å²) in [4.78, 5) is 32.9. The van der Waals surface area contributed by atoms with Gasteiger partial charge in [-0.25, -0.2) is 9.78 Å². The third-order valence-corrected chi connectivity index (χ3v) is 4.22. The summed E-state index contributed by atoms with van der Waals surface area (Å²) in [6.45, 7) is 4.39. The van der Waals surface area contributed by atoms with Gasteiger partial charge in [-0.05, 0) is 12.8 Å². The zero-order valence-corrected chi connectivity index (χ0v) is 12.6. The minimum atomic E-state index is -0.956. The third kappa shape index (κ3) is 3.25. The van der Waals surface area contributed by atoms with Crippen molar-refractivity contribution in [2.45, 2.75) is 58.5 Å². The van der Waals surface area contributed by atoms with Gasteiger partial charge in [0, 0.05) is 12.3 Å². The molecule has 116 valence electrons. The first kappa shape index (κ1) is 15.5. The summed E-state index contributed by atoms with van der Waals surface area (Å²) in [5, 5.41) is 9.42. The maximum atomic E-state index is 12.7. The van der Waals surface area contributed by atoms with Gasteiger partial charge in [-0.15, -0.1) is 0 Å². The average molecular weight is 293 g/mol. The van der Waals surface area contributed by atoms with Crippen LogP contribution in [0.3, 0.4) is 0 Å². The van der Waals surface area contributed by atoms with Crippen molar-refractivity contribution in [3.63, 3.8) is 0 Å². The van der Waals surface area contributed by atoms with Gasteiger partial charge in [0.05, 0.1) is 24.3 Å². The Hall–Kier alpha value is -1.85. The number of aliphatic carboxylic acids is 1. The molecule has 1 aliphatic rings. The number of aromatic amines is 1. The Morgan fingerprint density at radius 3 is 2.90 bits per heavy atom. The van der Waals surface area contributed by atoms with Crippen molar-refractivity contribution in [3.05, 3.63) is 17.7 Å². The summed E-state index contributed by atoms with van der Waals surface area (Å²) in [6, 6.07) is -0.802. The van der Waals surface area contributed by atoms with Crippen molar-refractivity contribution in [1.29, 1.82) is 0 Å². The number of carbonyl (C=O) groups is 2. The van der Waals surface area contributed by atoms with Gasteiger partial charge in [-0.2, -0.15) is 0 Å². The van der Waals surface area contributed by atoms with E-state index in [1.54, 1.807) is 6.33 Å². The van der Waals surface area contributed by atoms with E-state index in [-0.39, 0.29) is 18.2 Å². The fourth-order valence-electron chi connectivity index (χ4n) is 2.88. The molecular formula is C15H23N3O3. The number of nitrogens with zero attached hydrogens (tertiary/aromatic N) is 2. The van der Waals surface area contributed by atoms with Crippen molar-refractivity contribution in [2.75, 3.05) is 0 Å². The van der Waals surface area contributed by atoms with Crippen molar-refractivity contribution >= 4 is 11.9 Å². The second-order valence-corrected chi connectivity index (χ2v) is 5.60. The molecule has 1 amide bonds. The number of nitrogens with one attached hydrogen (secondary N) is 1. The molecule has 2 heterocycles. The first-order valence-electron chi connectivity index (χ1n) is 7.62. The molecule has 0 radical (unpaired) electrons. The van der Waals surface area contributed by atoms with Gasteiger partial charge in [0.1, 0.15) is 6.04 Å². The Kier molecular flexibility index (Phi) is 4.98. The van der Waals surface area contributed by atoms with Gasteiger partial charge < -0.3 is 15.0 Å². The van der Waals surface area contributed by atoms with Crippen LogP contribution < -0.4 is 0 Å². The van der Waals surface area contributed by atoms with E-state index in [1.807, 2.05) is 6.92 Å². The van der Waals surface area contributed by atoms with Crippen LogP contribution in [-0.4, -0.2) is 37.9 Å². The Labute approximate surface area is 124 Å². The topological polar surface area (TPSA) is 86.3 Å². The molecule has 0 aliphatic carbocycles. The molecule has 0 saturated carbocycles. The third-order valence-electron chi connectivity index (χ3n) is 4.22. The highest BCUT2D eigenvalue weighted by Gasteiger charge is 2.37. The lowest BCUT2D eigenvalue weighted by Gasteiger charge is -2.34. The molecule has 0 spiro atoms. The largest absolute Gasteiger partial charge is 0.480 e. The first-order chi connectivity index (χ1) is 10.1. The zero-order chi connectivity index (χ0) is 15.4. The predicted octanol–water partition coefficient (Wildman–Crippen LogP) is 1.96. The molecule has 6 nitrogen and oxygen atoms in total. The van der Waals surface area contributed by atoms with Gasteiger partial charge in [0.25, 0.3) is 0 Å². The van der Waals surface area contributed by atoms with Crippen LogP contribution in [0.25, 0.3) is 0 Å². The Morgan fingerprint density at radius 1 is 1.52 bits per heavy atom. The molecule has 1 aromatic rings. The number of rotatable bonds is 6. The van der Waals surface area contributed by atoms with Gasteiger partial charge in [-0.1, -0.05) is 26.7 Å². The number of carboxylic acid groups (broad SMARTS) is 1. The molecule has 1 aliphatic heterocycles. The van der Waals surface area contributed by atoms with E-state index < -0.39 is 12.0 Å². The molecule has 2 N–H and O–H groups in total. The highest BCUT2D eigenvalue weighted by Crippen LogP contribution is 2.25. The second-order valence-electron chi connectivity index (χ2n) is 5.60. The molecule has 2 atom stereocenters. The number of amides is 1. The van der Waals surface area contributed by atoms with Crippen LogP contribution in [0.2, 0.25) is 0 Å². The van der Waals surface area contributed by atoms with E-state index in [0.29, 0.717) is 6.54 Å². The van der Waals surface area contributed by atoms with E-state index in [1.165, 1.54) is 4.90 Å². The number of hydrogen-bond acceptors (Lipinski definition) is 3. The van der Waals surface area contributed by atoms with Crippen molar-refractivity contribution in [3.8, 4) is 0 Å². The van der Waals surface area contributed by atoms with Crippen LogP contribution in [0.5, 0.6) is 0 Å². The van der Waals surface area contributed by atoms with Crippen LogP contribution in [-0.2, 0) is 22.6 Å². The lowest BCUT2D eigenvalue weighted by molar-refractivity contribution is -0.153. The average Bonchev–Trinajstić information content (AvgIpc) is 2.93. The predicted molar refractivity (Wildman–Crippen MR) is 77.6 cm³/mol. The highest BCUT2D eigenvalue weighted by atomic mass is 16.4. The molecule has 0 fully saturated rings. The summed E-state index contributed by atoms with van der Waals surface area (Å²) < 4.78 is 0. The fraction of sp³-hybridized carbons (Fsp3) is 0.667. The minimum Gasteiger partial charge on any atom is -0.480 e. The van der Waals surface area contributed by atoms with Crippen LogP contribution in [0, 0.1) is 5.92 Å². The van der Waals surface area contributed by atoms with Crippen LogP contribution in [0.1, 0.15) is 50.9 Å². The number of fused-ring (bicyclic) bond motifs is 1. The maximum absolute atomic E-state index is 12.7. The molecule has 6 heteroatoms. The van der Waals surface area contributed by atoms with E-state index in [2.05, 4.69) is 16.9 Å². The molecule has 21 heavy (non-hydrogen) atoms. The van der Waals surface area contributed by atoms with E-state index in [0.717, 1.165) is 37.1 Å². The summed E-state index contributed by atoms with van der Waals surface area (Å²) in [5.41, 5.74) is 1.61. The fourth-order valence-corrected chi connectivity index (χ4v) is 2.88. The molecular weight excluding hydrogens is 270 g/mol. The number of unbranched alkanes of at least 4 members (excludes halogenated alkanes) is 1. The number of carboxylic acids is 1. The Bertz CT molecular complexity index is 512. The monoisotopic (exact) mass is 293 g/mol. The van der Waals surface area contributed by atoms with Crippen LogP contribution in [0.15, 0.2) is 6.33 Å². The standard InChI is InChI=1S/C15H23N3O3/c1-3-5-6-10(4-2)14(19)18-8-12-11(16-9-17-12)7-13(18)15(20)21/h9-10,13H,3-8H2,1-2H3,(H,16,17)(H,20,21). The number of hydrogen-bond donors (Lipinski definition) is 2. The molecule has 0 aromatic carbocycles. The maximum Gasteiger partial charge on any atom is 0.326 e. The van der Waals surface area contributed by atoms with Crippen molar-refractivity contribution in [1.82, 2.24) is 14.9 Å². The Balaban J connectivity index is 2.19. The Morgan fingerprint density at radius 2 is 2.29 bits per heavy atom. The quantitative estimate of drug-likeness (QED) is 0.839. The number of carbonyl (C=O) groups excluding carboxylic acids is 1. The number of aromatic nitrogens is 2. The van der Waals surface area contributed by atoms with E-state index in [4.69, 9.17) is 0 Å². The van der Waals surface area contributed by atoms with Gasteiger partial charge in [0.15, 0.2) is 0 Å². The normalized spacial score (nSPS) is 19.1. The number of H-pyrrole nitrogens is 1. The van der Waals surface area contributed by atoms with E-state index >= 15 is 0 Å². The van der Waals surface area contributed by atoms with Gasteiger partial charge >= 0.3 is 5.97 Å². The molecule has 1 aromatic heterocycles. The lowest BCUT2D eigenvalue weighted by Crippen LogP contribution is -2.50. The number of imidazole rings is 1. The van der Waals surface area contributed by atoms with Crippen LogP contribution in [0.4, 0.5) is 0 Å². The first-order valence-corrected chi connectivity index (χ1v) is 7.62. The molecule has 0 bridgehead atoms. The smallest absolute Gasteiger partial charge is 0.326 e. The summed E-state index contributed by atoms with van der Waals surface area (Å²) >= 11 is 0. The highest BCUT2D eigenvalue weighted by molar-refractivity contribution is 5.85. The van der Waals surface area contributed by atoms with Crippen molar-refractivity contribution in [2.24, 2.45) is 5.92 Å². The van der Waals surface area contributed by atoms with Crippen LogP contribution >= 0.6 is 0 Å². The second kappa shape index (κ2) is 6.74. The summed E-state index contributed by atoms with van der Waals surface area (Å²) in [5.74, 6) is -1.09. The molecule has 0 saturated heterocycles. The summed E-state index contributed by atoms with van der Waals surface area (Å²) in [7, 11) is 0. The lowest BCUT2D eigenvalue weighted by atomic mass is 9.94. The van der Waals surface area contributed by atoms with Gasteiger partial charge in [0.2, 0.25) is 5.91 Å². The molecule has 2 rings (SSSR count). The van der Waals surface area contributed by atoms with Crippen molar-refractivity contribution < 1.29 is 14.7 Å². The van der Waals surface area contributed by atoms with Gasteiger partial charge in [-0.3, -0.25) is 4.79 Å². The summed E-state index contributed by atoms with van der Waals surface area (Å²) in [6.07, 6.45) is 5.44. The van der Waals surface area contributed by atoms with E-state index in [9.17, 15) is 14.7 Å². The minimum absolute atomic E-state index is 0.0430. The molecule has 2 unspecified atom stereocenters. The SMILES string of the molecule is CCCCC(CC)C(=O)N1Cc2[nH]cnc2CC1C(=O)O. The zero-order valence-electron chi connectivity index (χ0n) is 12.6.